The second-order valence-electron chi connectivity index (χ2n) is 8.76. The third kappa shape index (κ3) is 4.53. The lowest BCUT2D eigenvalue weighted by Crippen LogP contribution is -2.15. The molecule has 7 nitrogen and oxygen atoms in total. The molecule has 180 valence electrons. The fourth-order valence-electron chi connectivity index (χ4n) is 4.40. The number of aryl methyl sites for hydroxylation is 2. The van der Waals surface area contributed by atoms with E-state index in [2.05, 4.69) is 10.4 Å². The zero-order valence-electron chi connectivity index (χ0n) is 19.0. The summed E-state index contributed by atoms with van der Waals surface area (Å²) in [6, 6.07) is 12.3. The number of hydrogen-bond acceptors (Lipinski definition) is 5. The predicted molar refractivity (Wildman–Crippen MR) is 134 cm³/mol. The molecule has 4 aromatic rings. The number of aromatic nitrogens is 3. The van der Waals surface area contributed by atoms with Crippen molar-refractivity contribution in [2.75, 3.05) is 16.8 Å². The molecular weight excluding hydrogens is 491 g/mol. The molecule has 0 bridgehead atoms. The Morgan fingerprint density at radius 3 is 2.57 bits per heavy atom. The molecule has 1 amide bonds. The average Bonchev–Trinajstić information content (AvgIpc) is 3.35. The standard InChI is InChI=1S/C25H22ClFN4O3S/c1-14-3-6-17(26)11-21(14)29-25(32)20-12-22(16-4-7-18(27)8-5-16)28-24-23(20)15(2)30-31(24)19-9-10-35(33,34)13-19/h3-8,11-12,19H,9-10,13H2,1-2H3,(H,29,32). The van der Waals surface area contributed by atoms with Crippen LogP contribution in [0.5, 0.6) is 0 Å². The van der Waals surface area contributed by atoms with Crippen LogP contribution in [0.15, 0.2) is 48.5 Å². The Morgan fingerprint density at radius 2 is 1.89 bits per heavy atom. The summed E-state index contributed by atoms with van der Waals surface area (Å²) in [5, 5.41) is 8.55. The number of anilines is 1. The van der Waals surface area contributed by atoms with Crippen molar-refractivity contribution < 1.29 is 17.6 Å². The minimum atomic E-state index is -3.17. The first kappa shape index (κ1) is 23.4. The third-order valence-electron chi connectivity index (χ3n) is 6.22. The molecule has 10 heteroatoms. The lowest BCUT2D eigenvalue weighted by Gasteiger charge is -2.13. The molecular formula is C25H22ClFN4O3S. The highest BCUT2D eigenvalue weighted by molar-refractivity contribution is 7.91. The van der Waals surface area contributed by atoms with Gasteiger partial charge >= 0.3 is 0 Å². The molecule has 5 rings (SSSR count). The van der Waals surface area contributed by atoms with Crippen LogP contribution in [-0.4, -0.2) is 40.6 Å². The van der Waals surface area contributed by atoms with E-state index in [9.17, 15) is 17.6 Å². The SMILES string of the molecule is Cc1ccc(Cl)cc1NC(=O)c1cc(-c2ccc(F)cc2)nc2c1c(C)nn2C1CCS(=O)(=O)C1. The van der Waals surface area contributed by atoms with Gasteiger partial charge in [-0.2, -0.15) is 5.10 Å². The highest BCUT2D eigenvalue weighted by atomic mass is 35.5. The van der Waals surface area contributed by atoms with Crippen LogP contribution in [0.2, 0.25) is 5.02 Å². The van der Waals surface area contributed by atoms with E-state index >= 15 is 0 Å². The Hall–Kier alpha value is -3.30. The number of sulfone groups is 1. The van der Waals surface area contributed by atoms with Crippen molar-refractivity contribution >= 4 is 44.1 Å². The van der Waals surface area contributed by atoms with Gasteiger partial charge in [-0.15, -0.1) is 0 Å². The van der Waals surface area contributed by atoms with E-state index in [4.69, 9.17) is 16.6 Å². The second-order valence-corrected chi connectivity index (χ2v) is 11.4. The molecule has 0 spiro atoms. The Balaban J connectivity index is 1.69. The molecule has 2 aromatic carbocycles. The lowest BCUT2D eigenvalue weighted by atomic mass is 10.0. The number of carbonyl (C=O) groups is 1. The summed E-state index contributed by atoms with van der Waals surface area (Å²) in [7, 11) is -3.17. The van der Waals surface area contributed by atoms with Crippen molar-refractivity contribution in [3.05, 3.63) is 76.2 Å². The highest BCUT2D eigenvalue weighted by Gasteiger charge is 2.32. The number of pyridine rings is 1. The monoisotopic (exact) mass is 512 g/mol. The van der Waals surface area contributed by atoms with Crippen molar-refractivity contribution in [1.29, 1.82) is 0 Å². The van der Waals surface area contributed by atoms with Crippen molar-refractivity contribution in [3.8, 4) is 11.3 Å². The van der Waals surface area contributed by atoms with Gasteiger partial charge in [0.2, 0.25) is 0 Å². The maximum atomic E-state index is 13.6. The molecule has 1 atom stereocenters. The average molecular weight is 513 g/mol. The number of carbonyl (C=O) groups excluding carboxylic acids is 1. The number of benzene rings is 2. The van der Waals surface area contributed by atoms with Crippen LogP contribution in [0.4, 0.5) is 10.1 Å². The summed E-state index contributed by atoms with van der Waals surface area (Å²) in [5.41, 5.74) is 3.80. The minimum Gasteiger partial charge on any atom is -0.322 e. The number of nitrogens with one attached hydrogen (secondary N) is 1. The largest absolute Gasteiger partial charge is 0.322 e. The second kappa shape index (κ2) is 8.73. The molecule has 2 aromatic heterocycles. The quantitative estimate of drug-likeness (QED) is 0.409. The van der Waals surface area contributed by atoms with Crippen LogP contribution in [0.3, 0.4) is 0 Å². The third-order valence-corrected chi connectivity index (χ3v) is 8.21. The fraction of sp³-hybridized carbons (Fsp3) is 0.240. The van der Waals surface area contributed by atoms with Gasteiger partial charge in [-0.3, -0.25) is 4.79 Å². The maximum absolute atomic E-state index is 13.6. The van der Waals surface area contributed by atoms with Gasteiger partial charge in [0.15, 0.2) is 15.5 Å². The molecule has 1 aliphatic rings. The summed E-state index contributed by atoms with van der Waals surface area (Å²) in [5.74, 6) is -0.722. The van der Waals surface area contributed by atoms with E-state index in [-0.39, 0.29) is 29.3 Å². The van der Waals surface area contributed by atoms with Gasteiger partial charge in [-0.05, 0) is 68.3 Å². The van der Waals surface area contributed by atoms with Crippen molar-refractivity contribution in [1.82, 2.24) is 14.8 Å². The van der Waals surface area contributed by atoms with Gasteiger partial charge in [-0.25, -0.2) is 22.5 Å². The number of rotatable bonds is 4. The zero-order valence-corrected chi connectivity index (χ0v) is 20.6. The zero-order chi connectivity index (χ0) is 24.9. The van der Waals surface area contributed by atoms with Gasteiger partial charge in [0.1, 0.15) is 5.82 Å². The summed E-state index contributed by atoms with van der Waals surface area (Å²) in [6.45, 7) is 3.63. The smallest absolute Gasteiger partial charge is 0.256 e. The summed E-state index contributed by atoms with van der Waals surface area (Å²) in [4.78, 5) is 18.3. The van der Waals surface area contributed by atoms with Crippen LogP contribution in [0.25, 0.3) is 22.3 Å². The Bertz CT molecular complexity index is 1580. The lowest BCUT2D eigenvalue weighted by molar-refractivity contribution is 0.102. The number of amides is 1. The van der Waals surface area contributed by atoms with Crippen LogP contribution >= 0.6 is 11.6 Å². The van der Waals surface area contributed by atoms with Crippen molar-refractivity contribution in [2.24, 2.45) is 0 Å². The first-order valence-electron chi connectivity index (χ1n) is 11.0. The van der Waals surface area contributed by atoms with Crippen molar-refractivity contribution in [3.63, 3.8) is 0 Å². The molecule has 1 aliphatic heterocycles. The minimum absolute atomic E-state index is 0.0328. The Labute approximate surface area is 206 Å². The topological polar surface area (TPSA) is 93.9 Å². The number of halogens is 2. The Kier molecular flexibility index (Phi) is 5.85. The number of nitrogens with zero attached hydrogens (tertiary/aromatic N) is 3. The molecule has 1 unspecified atom stereocenters. The van der Waals surface area contributed by atoms with E-state index in [0.29, 0.717) is 50.7 Å². The van der Waals surface area contributed by atoms with Gasteiger partial charge in [0.05, 0.1) is 39.9 Å². The molecule has 1 fully saturated rings. The van der Waals surface area contributed by atoms with E-state index in [0.717, 1.165) is 5.56 Å². The first-order chi connectivity index (χ1) is 16.6. The normalized spacial score (nSPS) is 17.1. The molecule has 1 N–H and O–H groups in total. The van der Waals surface area contributed by atoms with Gasteiger partial charge in [-0.1, -0.05) is 17.7 Å². The molecule has 0 saturated carbocycles. The van der Waals surface area contributed by atoms with E-state index in [1.165, 1.54) is 12.1 Å². The summed E-state index contributed by atoms with van der Waals surface area (Å²) < 4.78 is 39.5. The first-order valence-corrected chi connectivity index (χ1v) is 13.2. The van der Waals surface area contributed by atoms with Crippen LogP contribution in [0, 0.1) is 19.7 Å². The highest BCUT2D eigenvalue weighted by Crippen LogP contribution is 2.33. The number of hydrogen-bond donors (Lipinski definition) is 1. The van der Waals surface area contributed by atoms with E-state index < -0.39 is 9.84 Å². The molecule has 35 heavy (non-hydrogen) atoms. The van der Waals surface area contributed by atoms with Gasteiger partial charge in [0.25, 0.3) is 5.91 Å². The fourth-order valence-corrected chi connectivity index (χ4v) is 6.27. The molecule has 0 aliphatic carbocycles. The Morgan fingerprint density at radius 1 is 1.14 bits per heavy atom. The maximum Gasteiger partial charge on any atom is 0.256 e. The molecule has 1 saturated heterocycles. The predicted octanol–water partition coefficient (Wildman–Crippen LogP) is 5.12. The van der Waals surface area contributed by atoms with E-state index in [1.807, 2.05) is 13.0 Å². The molecule has 0 radical (unpaired) electrons. The van der Waals surface area contributed by atoms with Gasteiger partial charge < -0.3 is 5.32 Å². The number of fused-ring (bicyclic) bond motifs is 1. The van der Waals surface area contributed by atoms with Crippen LogP contribution in [-0.2, 0) is 9.84 Å². The van der Waals surface area contributed by atoms with Crippen LogP contribution in [0.1, 0.15) is 34.1 Å². The van der Waals surface area contributed by atoms with E-state index in [1.54, 1.807) is 41.9 Å². The van der Waals surface area contributed by atoms with Crippen LogP contribution < -0.4 is 5.32 Å². The summed E-state index contributed by atoms with van der Waals surface area (Å²) >= 11 is 6.13. The van der Waals surface area contributed by atoms with Crippen molar-refractivity contribution in [2.45, 2.75) is 26.3 Å². The molecule has 3 heterocycles. The van der Waals surface area contributed by atoms with Gasteiger partial charge in [0, 0.05) is 16.3 Å². The summed E-state index contributed by atoms with van der Waals surface area (Å²) in [6.07, 6.45) is 0.421.